The van der Waals surface area contributed by atoms with Gasteiger partial charge in [0.1, 0.15) is 0 Å². The van der Waals surface area contributed by atoms with E-state index in [9.17, 15) is 0 Å². The smallest absolute Gasteiger partial charge is 0.185 e. The topological polar surface area (TPSA) is 25.4 Å². The Morgan fingerprint density at radius 2 is 2.56 bits per heavy atom. The van der Waals surface area contributed by atoms with Crippen molar-refractivity contribution in [3.05, 3.63) is 11.1 Å². The number of alkyl halides is 1. The Labute approximate surface area is 105 Å². The summed E-state index contributed by atoms with van der Waals surface area (Å²) in [5, 5.41) is 3.12. The summed E-state index contributed by atoms with van der Waals surface area (Å²) in [4.78, 5) is 6.81. The van der Waals surface area contributed by atoms with Crippen LogP contribution in [0.1, 0.15) is 25.5 Å². The highest BCUT2D eigenvalue weighted by molar-refractivity contribution is 7.13. The van der Waals surface area contributed by atoms with Gasteiger partial charge in [-0.05, 0) is 19.8 Å². The van der Waals surface area contributed by atoms with Crippen molar-refractivity contribution in [2.75, 3.05) is 24.6 Å². The number of aromatic nitrogens is 1. The molecule has 1 aromatic rings. The molecule has 90 valence electrons. The molecule has 0 aliphatic carbocycles. The molecule has 2 heterocycles. The minimum absolute atomic E-state index is 0.363. The second kappa shape index (κ2) is 5.84. The molecule has 0 saturated carbocycles. The van der Waals surface area contributed by atoms with Gasteiger partial charge in [0.05, 0.1) is 17.7 Å². The standard InChI is InChI=1S/C11H17ClN2OS/c1-2-15-10-4-3-5-14(7-10)11-13-9(6-12)8-16-11/h8,10H,2-7H2,1H3. The minimum Gasteiger partial charge on any atom is -0.377 e. The van der Waals surface area contributed by atoms with Crippen LogP contribution in [0.15, 0.2) is 5.38 Å². The van der Waals surface area contributed by atoms with Crippen molar-refractivity contribution in [3.8, 4) is 0 Å². The van der Waals surface area contributed by atoms with E-state index in [1.165, 1.54) is 6.42 Å². The summed E-state index contributed by atoms with van der Waals surface area (Å²) >= 11 is 7.43. The van der Waals surface area contributed by atoms with Crippen molar-refractivity contribution in [3.63, 3.8) is 0 Å². The molecule has 1 aromatic heterocycles. The lowest BCUT2D eigenvalue weighted by Crippen LogP contribution is -2.39. The van der Waals surface area contributed by atoms with Gasteiger partial charge in [-0.25, -0.2) is 4.98 Å². The predicted molar refractivity (Wildman–Crippen MR) is 68.5 cm³/mol. The van der Waals surface area contributed by atoms with E-state index in [-0.39, 0.29) is 0 Å². The monoisotopic (exact) mass is 260 g/mol. The van der Waals surface area contributed by atoms with Gasteiger partial charge < -0.3 is 9.64 Å². The van der Waals surface area contributed by atoms with Crippen molar-refractivity contribution >= 4 is 28.1 Å². The molecule has 0 amide bonds. The zero-order chi connectivity index (χ0) is 11.4. The first-order valence-corrected chi connectivity index (χ1v) is 7.11. The van der Waals surface area contributed by atoms with Gasteiger partial charge in [0.2, 0.25) is 0 Å². The second-order valence-corrected chi connectivity index (χ2v) is 5.02. The molecule has 16 heavy (non-hydrogen) atoms. The molecule has 0 bridgehead atoms. The zero-order valence-corrected chi connectivity index (χ0v) is 11.1. The van der Waals surface area contributed by atoms with Gasteiger partial charge in [-0.2, -0.15) is 0 Å². The fourth-order valence-corrected chi connectivity index (χ4v) is 3.08. The molecule has 1 unspecified atom stereocenters. The van der Waals surface area contributed by atoms with Crippen molar-refractivity contribution in [2.24, 2.45) is 0 Å². The third kappa shape index (κ3) is 2.87. The van der Waals surface area contributed by atoms with Gasteiger partial charge in [0.15, 0.2) is 5.13 Å². The van der Waals surface area contributed by atoms with Crippen LogP contribution in [0.4, 0.5) is 5.13 Å². The maximum atomic E-state index is 5.76. The van der Waals surface area contributed by atoms with Crippen LogP contribution < -0.4 is 4.90 Å². The predicted octanol–water partition coefficient (Wildman–Crippen LogP) is 2.89. The summed E-state index contributed by atoms with van der Waals surface area (Å²) in [5.74, 6) is 0.499. The fraction of sp³-hybridized carbons (Fsp3) is 0.727. The highest BCUT2D eigenvalue weighted by Crippen LogP contribution is 2.25. The van der Waals surface area contributed by atoms with Crippen molar-refractivity contribution in [1.82, 2.24) is 4.98 Å². The summed E-state index contributed by atoms with van der Waals surface area (Å²) in [7, 11) is 0. The Bertz CT molecular complexity index is 330. The van der Waals surface area contributed by atoms with Crippen LogP contribution in [0.5, 0.6) is 0 Å². The molecule has 1 aliphatic rings. The molecule has 0 N–H and O–H groups in total. The molecule has 1 saturated heterocycles. The molecule has 3 nitrogen and oxygen atoms in total. The van der Waals surface area contributed by atoms with Gasteiger partial charge in [-0.1, -0.05) is 0 Å². The molecule has 1 atom stereocenters. The average molecular weight is 261 g/mol. The van der Waals surface area contributed by atoms with Crippen LogP contribution >= 0.6 is 22.9 Å². The Morgan fingerprint density at radius 1 is 1.69 bits per heavy atom. The van der Waals surface area contributed by atoms with Crippen LogP contribution in [0.2, 0.25) is 0 Å². The molecule has 0 spiro atoms. The van der Waals surface area contributed by atoms with Crippen LogP contribution in [0.25, 0.3) is 0 Å². The van der Waals surface area contributed by atoms with E-state index in [1.54, 1.807) is 11.3 Å². The Hall–Kier alpha value is -0.320. The van der Waals surface area contributed by atoms with E-state index in [4.69, 9.17) is 16.3 Å². The Morgan fingerprint density at radius 3 is 3.25 bits per heavy atom. The van der Waals surface area contributed by atoms with Gasteiger partial charge in [0.25, 0.3) is 0 Å². The van der Waals surface area contributed by atoms with E-state index in [0.29, 0.717) is 12.0 Å². The van der Waals surface area contributed by atoms with E-state index in [0.717, 1.165) is 36.9 Å². The number of hydrogen-bond acceptors (Lipinski definition) is 4. The number of ether oxygens (including phenoxy) is 1. The lowest BCUT2D eigenvalue weighted by atomic mass is 10.1. The van der Waals surface area contributed by atoms with Crippen molar-refractivity contribution in [2.45, 2.75) is 31.7 Å². The van der Waals surface area contributed by atoms with E-state index >= 15 is 0 Å². The number of hydrogen-bond donors (Lipinski definition) is 0. The molecule has 0 radical (unpaired) electrons. The molecule has 1 aliphatic heterocycles. The van der Waals surface area contributed by atoms with E-state index < -0.39 is 0 Å². The molecule has 0 aromatic carbocycles. The lowest BCUT2D eigenvalue weighted by molar-refractivity contribution is 0.0526. The SMILES string of the molecule is CCOC1CCCN(c2nc(CCl)cs2)C1. The first-order valence-electron chi connectivity index (χ1n) is 5.70. The van der Waals surface area contributed by atoms with Crippen LogP contribution in [-0.4, -0.2) is 30.8 Å². The van der Waals surface area contributed by atoms with Gasteiger partial charge >= 0.3 is 0 Å². The normalized spacial score (nSPS) is 21.4. The third-order valence-electron chi connectivity index (χ3n) is 2.73. The minimum atomic E-state index is 0.363. The summed E-state index contributed by atoms with van der Waals surface area (Å²) in [6, 6.07) is 0. The molecular weight excluding hydrogens is 244 g/mol. The highest BCUT2D eigenvalue weighted by atomic mass is 35.5. The number of nitrogens with zero attached hydrogens (tertiary/aromatic N) is 2. The lowest BCUT2D eigenvalue weighted by Gasteiger charge is -2.32. The van der Waals surface area contributed by atoms with E-state index in [2.05, 4.69) is 9.88 Å². The maximum absolute atomic E-state index is 5.76. The highest BCUT2D eigenvalue weighted by Gasteiger charge is 2.21. The molecular formula is C11H17ClN2OS. The number of anilines is 1. The zero-order valence-electron chi connectivity index (χ0n) is 9.49. The Balaban J connectivity index is 1.98. The molecule has 2 rings (SSSR count). The molecule has 5 heteroatoms. The third-order valence-corrected chi connectivity index (χ3v) is 3.95. The average Bonchev–Trinajstić information content (AvgIpc) is 2.78. The Kier molecular flexibility index (Phi) is 4.44. The van der Waals surface area contributed by atoms with E-state index in [1.807, 2.05) is 12.3 Å². The quantitative estimate of drug-likeness (QED) is 0.779. The van der Waals surface area contributed by atoms with Gasteiger partial charge in [-0.15, -0.1) is 22.9 Å². The summed E-state index contributed by atoms with van der Waals surface area (Å²) < 4.78 is 5.68. The number of rotatable bonds is 4. The number of thiazole rings is 1. The first kappa shape index (κ1) is 12.1. The van der Waals surface area contributed by atoms with Crippen molar-refractivity contribution < 1.29 is 4.74 Å². The van der Waals surface area contributed by atoms with Crippen LogP contribution in [0.3, 0.4) is 0 Å². The van der Waals surface area contributed by atoms with Gasteiger partial charge in [0, 0.05) is 25.1 Å². The summed E-state index contributed by atoms with van der Waals surface area (Å²) in [6.45, 7) is 4.89. The van der Waals surface area contributed by atoms with Crippen LogP contribution in [0, 0.1) is 0 Å². The largest absolute Gasteiger partial charge is 0.377 e. The number of halogens is 1. The number of piperidine rings is 1. The fourth-order valence-electron chi connectivity index (χ4n) is 1.99. The first-order chi connectivity index (χ1) is 7.83. The maximum Gasteiger partial charge on any atom is 0.185 e. The summed E-state index contributed by atoms with van der Waals surface area (Å²) in [6.07, 6.45) is 2.71. The molecule has 1 fully saturated rings. The summed E-state index contributed by atoms with van der Waals surface area (Å²) in [5.41, 5.74) is 0.972. The second-order valence-electron chi connectivity index (χ2n) is 3.92. The van der Waals surface area contributed by atoms with Gasteiger partial charge in [-0.3, -0.25) is 0 Å². The van der Waals surface area contributed by atoms with Crippen molar-refractivity contribution in [1.29, 1.82) is 0 Å². The van der Waals surface area contributed by atoms with Crippen LogP contribution in [-0.2, 0) is 10.6 Å².